The van der Waals surface area contributed by atoms with Crippen LogP contribution in [0.1, 0.15) is 55.8 Å². The molecule has 0 unspecified atom stereocenters. The fourth-order valence-corrected chi connectivity index (χ4v) is 4.52. The number of nitrogens with one attached hydrogen (secondary N) is 2. The number of rotatable bonds is 11. The molecule has 0 saturated heterocycles. The third kappa shape index (κ3) is 8.24. The number of carbonyl (C=O) groups is 2. The number of hydrogen-bond donors (Lipinski definition) is 2. The number of nitrogens with zero attached hydrogens (tertiary/aromatic N) is 2. The second kappa shape index (κ2) is 13.1. The second-order valence-electron chi connectivity index (χ2n) is 10.7. The van der Waals surface area contributed by atoms with Crippen molar-refractivity contribution in [1.82, 2.24) is 20.5 Å². The number of amides is 2. The van der Waals surface area contributed by atoms with E-state index in [2.05, 4.69) is 15.6 Å². The van der Waals surface area contributed by atoms with Gasteiger partial charge >= 0.3 is 12.4 Å². The molecular weight excluding hydrogens is 566 g/mol. The van der Waals surface area contributed by atoms with Crippen molar-refractivity contribution >= 4 is 17.4 Å². The molecule has 3 rings (SSSR count). The molecule has 0 fully saturated rings. The number of hydrogen-bond acceptors (Lipinski definition) is 5. The first kappa shape index (κ1) is 32.9. The van der Waals surface area contributed by atoms with Crippen molar-refractivity contribution in [3.05, 3.63) is 65.0 Å². The molecule has 42 heavy (non-hydrogen) atoms. The summed E-state index contributed by atoms with van der Waals surface area (Å²) < 4.78 is 87.1. The van der Waals surface area contributed by atoms with Gasteiger partial charge in [-0.25, -0.2) is 0 Å². The Labute approximate surface area is 240 Å². The van der Waals surface area contributed by atoms with Gasteiger partial charge in [0.1, 0.15) is 5.75 Å². The molecule has 2 amide bonds. The number of alkyl halides is 6. The summed E-state index contributed by atoms with van der Waals surface area (Å²) in [6, 6.07) is 7.99. The lowest BCUT2D eigenvalue weighted by atomic mass is 9.77. The predicted molar refractivity (Wildman–Crippen MR) is 145 cm³/mol. The molecule has 2 N–H and O–H groups in total. The Morgan fingerprint density at radius 2 is 1.76 bits per heavy atom. The van der Waals surface area contributed by atoms with Gasteiger partial charge in [0.25, 0.3) is 0 Å². The van der Waals surface area contributed by atoms with E-state index in [4.69, 9.17) is 4.74 Å². The largest absolute Gasteiger partial charge is 0.494 e. The lowest BCUT2D eigenvalue weighted by Gasteiger charge is -2.41. The lowest BCUT2D eigenvalue weighted by Crippen LogP contribution is -2.59. The maximum absolute atomic E-state index is 14.9. The van der Waals surface area contributed by atoms with Gasteiger partial charge in [-0.2, -0.15) is 26.3 Å². The average Bonchev–Trinajstić information content (AvgIpc) is 2.89. The Morgan fingerprint density at radius 3 is 2.29 bits per heavy atom. The van der Waals surface area contributed by atoms with Crippen molar-refractivity contribution in [2.45, 2.75) is 56.9 Å². The molecule has 0 aliphatic carbocycles. The van der Waals surface area contributed by atoms with E-state index in [0.717, 1.165) is 17.7 Å². The summed E-state index contributed by atoms with van der Waals surface area (Å²) in [6.45, 7) is 3.32. The number of carbonyl (C=O) groups excluding carboxylic acids is 2. The summed E-state index contributed by atoms with van der Waals surface area (Å²) >= 11 is 0. The Bertz CT molecular complexity index is 1270. The highest BCUT2D eigenvalue weighted by atomic mass is 19.4. The van der Waals surface area contributed by atoms with Crippen LogP contribution in [-0.4, -0.2) is 67.8 Å². The molecule has 1 atom stereocenters. The summed E-state index contributed by atoms with van der Waals surface area (Å²) in [4.78, 5) is 31.6. The highest BCUT2D eigenvalue weighted by Gasteiger charge is 2.59. The molecule has 1 aromatic carbocycles. The van der Waals surface area contributed by atoms with Crippen LogP contribution < -0.4 is 15.4 Å². The monoisotopic (exact) mass is 600 g/mol. The van der Waals surface area contributed by atoms with E-state index < -0.39 is 42.5 Å². The molecule has 230 valence electrons. The van der Waals surface area contributed by atoms with Crippen LogP contribution in [0.4, 0.5) is 26.3 Å². The van der Waals surface area contributed by atoms with Crippen molar-refractivity contribution in [2.75, 3.05) is 33.8 Å². The first-order chi connectivity index (χ1) is 19.5. The molecule has 1 aromatic heterocycles. The van der Waals surface area contributed by atoms with Crippen LogP contribution in [0.25, 0.3) is 5.57 Å². The van der Waals surface area contributed by atoms with Crippen molar-refractivity contribution in [1.29, 1.82) is 0 Å². The van der Waals surface area contributed by atoms with E-state index in [9.17, 15) is 35.9 Å². The van der Waals surface area contributed by atoms with Crippen molar-refractivity contribution in [3.63, 3.8) is 0 Å². The first-order valence-corrected chi connectivity index (χ1v) is 13.3. The van der Waals surface area contributed by atoms with E-state index in [1.165, 1.54) is 12.1 Å². The Morgan fingerprint density at radius 1 is 1.10 bits per heavy atom. The number of pyridine rings is 1. The summed E-state index contributed by atoms with van der Waals surface area (Å²) in [6.07, 6.45) is -9.82. The second-order valence-corrected chi connectivity index (χ2v) is 10.7. The topological polar surface area (TPSA) is 83.6 Å². The number of benzene rings is 1. The molecule has 13 heteroatoms. The summed E-state index contributed by atoms with van der Waals surface area (Å²) in [5, 5.41) is 4.74. The first-order valence-electron chi connectivity index (χ1n) is 13.3. The molecule has 0 radical (unpaired) electrons. The third-order valence-electron chi connectivity index (χ3n) is 6.80. The Kier molecular flexibility index (Phi) is 10.3. The van der Waals surface area contributed by atoms with Crippen LogP contribution in [0.3, 0.4) is 0 Å². The van der Waals surface area contributed by atoms with E-state index in [1.54, 1.807) is 37.3 Å². The van der Waals surface area contributed by atoms with Crippen LogP contribution in [0, 0.1) is 0 Å². The maximum Gasteiger partial charge on any atom is 0.416 e. The van der Waals surface area contributed by atoms with E-state index in [-0.39, 0.29) is 60.2 Å². The lowest BCUT2D eigenvalue weighted by molar-refractivity contribution is -0.201. The summed E-state index contributed by atoms with van der Waals surface area (Å²) in [5.74, 6) is -1.22. The molecule has 1 aliphatic heterocycles. The fraction of sp³-hybridized carbons (Fsp3) is 0.483. The standard InChI is InChI=1S/C29H34F6N4O3/c1-18(2)19-6-11-24(36-15-19)22-14-27(29(33,34)35,38-26(41)23(22)16-37-25(40)17-39(3)4)20-7-9-21(10-8-20)42-13-5-12-28(30,31)32/h6-11,15,18H,5,12-14,16-17H2,1-4H3,(H,37,40)(H,38,41)/t27-/m0/s1. The Hall–Kier alpha value is -3.61. The van der Waals surface area contributed by atoms with Gasteiger partial charge in [-0.1, -0.05) is 32.0 Å². The molecular formula is C29H34F6N4O3. The van der Waals surface area contributed by atoms with Gasteiger partial charge in [0.2, 0.25) is 11.8 Å². The molecule has 0 spiro atoms. The van der Waals surface area contributed by atoms with Gasteiger partial charge in [0.15, 0.2) is 5.54 Å². The minimum absolute atomic E-state index is 0.0165. The van der Waals surface area contributed by atoms with Gasteiger partial charge in [-0.05, 0) is 61.3 Å². The van der Waals surface area contributed by atoms with E-state index >= 15 is 0 Å². The zero-order valence-electron chi connectivity index (χ0n) is 23.7. The quantitative estimate of drug-likeness (QED) is 0.269. The SMILES string of the molecule is CC(C)c1ccc(C2=C(CNC(=O)CN(C)C)C(=O)N[C@@](c3ccc(OCCCC(F)(F)F)cc3)(C(F)(F)F)C2)nc1. The number of likely N-dealkylation sites (N-methyl/N-ethyl adjacent to an activating group) is 1. The number of halogens is 6. The van der Waals surface area contributed by atoms with Crippen LogP contribution in [0.5, 0.6) is 5.75 Å². The maximum atomic E-state index is 14.9. The van der Waals surface area contributed by atoms with Crippen LogP contribution in [0.15, 0.2) is 48.2 Å². The van der Waals surface area contributed by atoms with Gasteiger partial charge < -0.3 is 20.3 Å². The zero-order chi connectivity index (χ0) is 31.3. The molecule has 1 aliphatic rings. The smallest absolute Gasteiger partial charge is 0.416 e. The van der Waals surface area contributed by atoms with Gasteiger partial charge in [0, 0.05) is 31.2 Å². The van der Waals surface area contributed by atoms with Crippen LogP contribution >= 0.6 is 0 Å². The van der Waals surface area contributed by atoms with Gasteiger partial charge in [-0.15, -0.1) is 0 Å². The molecule has 2 aromatic rings. The minimum atomic E-state index is -4.96. The highest BCUT2D eigenvalue weighted by molar-refractivity contribution is 6.04. The zero-order valence-corrected chi connectivity index (χ0v) is 23.7. The molecule has 0 saturated carbocycles. The molecule has 0 bridgehead atoms. The fourth-order valence-electron chi connectivity index (χ4n) is 4.52. The summed E-state index contributed by atoms with van der Waals surface area (Å²) in [5.41, 5.74) is -2.12. The summed E-state index contributed by atoms with van der Waals surface area (Å²) in [7, 11) is 3.35. The van der Waals surface area contributed by atoms with Crippen molar-refractivity contribution < 1.29 is 40.7 Å². The Balaban J connectivity index is 1.99. The minimum Gasteiger partial charge on any atom is -0.494 e. The normalized spacial score (nSPS) is 18.0. The predicted octanol–water partition coefficient (Wildman–Crippen LogP) is 5.34. The van der Waals surface area contributed by atoms with Crippen LogP contribution in [0.2, 0.25) is 0 Å². The molecule has 7 nitrogen and oxygen atoms in total. The van der Waals surface area contributed by atoms with E-state index in [0.29, 0.717) is 0 Å². The van der Waals surface area contributed by atoms with E-state index in [1.807, 2.05) is 13.8 Å². The molecule has 2 heterocycles. The van der Waals surface area contributed by atoms with Crippen molar-refractivity contribution in [3.8, 4) is 5.75 Å². The van der Waals surface area contributed by atoms with Crippen molar-refractivity contribution in [2.24, 2.45) is 0 Å². The average molecular weight is 601 g/mol. The highest BCUT2D eigenvalue weighted by Crippen LogP contribution is 2.48. The van der Waals surface area contributed by atoms with Crippen LogP contribution in [-0.2, 0) is 15.1 Å². The van der Waals surface area contributed by atoms with Gasteiger partial charge in [-0.3, -0.25) is 14.6 Å². The third-order valence-corrected chi connectivity index (χ3v) is 6.80. The number of ether oxygens (including phenoxy) is 1. The van der Waals surface area contributed by atoms with Gasteiger partial charge in [0.05, 0.1) is 18.8 Å². The number of aromatic nitrogens is 1.